The molecule has 0 aromatic rings. The molecule has 1 aliphatic heterocycles. The summed E-state index contributed by atoms with van der Waals surface area (Å²) in [6.07, 6.45) is -0.624. The normalized spacial score (nSPS) is 17.9. The molecule has 1 rings (SSSR count). The Morgan fingerprint density at radius 3 is 2.00 bits per heavy atom. The molecule has 11 heteroatoms. The fraction of sp³-hybridized carbons (Fsp3) is 0.667. The highest BCUT2D eigenvalue weighted by Crippen LogP contribution is 2.07. The predicted molar refractivity (Wildman–Crippen MR) is 63.6 cm³/mol. The lowest BCUT2D eigenvalue weighted by atomic mass is 10.3. The van der Waals surface area contributed by atoms with Crippen molar-refractivity contribution in [2.45, 2.75) is 12.5 Å². The van der Waals surface area contributed by atoms with Crippen LogP contribution in [-0.4, -0.2) is 68.9 Å². The van der Waals surface area contributed by atoms with E-state index in [0.717, 1.165) is 0 Å². The minimum absolute atomic E-state index is 0.0873. The maximum atomic E-state index is 11.3. The van der Waals surface area contributed by atoms with Crippen LogP contribution in [0.5, 0.6) is 0 Å². The second kappa shape index (κ2) is 7.10. The zero-order chi connectivity index (χ0) is 16.1. The molecule has 1 fully saturated rings. The lowest BCUT2D eigenvalue weighted by Crippen LogP contribution is -2.38. The molecule has 1 heterocycles. The Bertz CT molecular complexity index is 402. The average molecular weight is 301 g/mol. The lowest BCUT2D eigenvalue weighted by Gasteiger charge is -2.14. The summed E-state index contributed by atoms with van der Waals surface area (Å²) in [6, 6.07) is 0.546. The number of nitrogens with one attached hydrogen (secondary N) is 1. The summed E-state index contributed by atoms with van der Waals surface area (Å²) in [5.74, 6) is -0.664. The van der Waals surface area contributed by atoms with Gasteiger partial charge in [-0.15, -0.1) is 0 Å². The van der Waals surface area contributed by atoms with Crippen LogP contribution in [0.2, 0.25) is 0 Å². The molecule has 1 saturated heterocycles. The highest BCUT2D eigenvalue weighted by molar-refractivity contribution is 6.50. The fourth-order valence-corrected chi connectivity index (χ4v) is 1.36. The first-order valence-corrected chi connectivity index (χ1v) is 5.51. The summed E-state index contributed by atoms with van der Waals surface area (Å²) in [7, 11) is 1.24. The number of hydrogen-bond donors (Lipinski definition) is 1. The monoisotopic (exact) mass is 301 g/mol. The molecule has 0 bridgehead atoms. The third kappa shape index (κ3) is 7.59. The summed E-state index contributed by atoms with van der Waals surface area (Å²) in [5.41, 5.74) is 0. The zero-order valence-corrected chi connectivity index (χ0v) is 11.5. The van der Waals surface area contributed by atoms with E-state index in [9.17, 15) is 26.9 Å². The number of ether oxygens (including phenoxy) is 1. The SMILES string of the molecule is CN(C)C(OC1CC(=O)NC1=O)=[N+](C)C.F[B-](F)(F)F. The Labute approximate surface area is 113 Å². The highest BCUT2D eigenvalue weighted by atomic mass is 19.5. The molecule has 1 N–H and O–H groups in total. The van der Waals surface area contributed by atoms with Crippen LogP contribution in [0.3, 0.4) is 0 Å². The Hall–Kier alpha value is -1.81. The molecule has 0 aromatic heterocycles. The van der Waals surface area contributed by atoms with Crippen molar-refractivity contribution in [1.82, 2.24) is 10.2 Å². The van der Waals surface area contributed by atoms with E-state index in [1.165, 1.54) is 0 Å². The van der Waals surface area contributed by atoms with Gasteiger partial charge in [-0.3, -0.25) is 14.9 Å². The number of carbonyl (C=O) groups excluding carboxylic acids is 2. The molecule has 1 unspecified atom stereocenters. The standard InChI is InChI=1S/C9H15N3O3.BF4/c1-11(2)9(12(3)4)15-6-5-7(13)10-8(6)14;2-1(3,4)5/h6H,5H2,1-4H3;/q;-1/p+1. The smallest absolute Gasteiger partial charge is 0.418 e. The molecule has 0 spiro atoms. The Kier molecular flexibility index (Phi) is 6.46. The quantitative estimate of drug-likeness (QED) is 0.184. The molecule has 20 heavy (non-hydrogen) atoms. The van der Waals surface area contributed by atoms with Crippen LogP contribution >= 0.6 is 0 Å². The van der Waals surface area contributed by atoms with Gasteiger partial charge in [0.05, 0.1) is 34.6 Å². The molecule has 0 saturated carbocycles. The third-order valence-corrected chi connectivity index (χ3v) is 1.94. The summed E-state index contributed by atoms with van der Waals surface area (Å²) < 4.78 is 46.2. The zero-order valence-electron chi connectivity index (χ0n) is 11.5. The van der Waals surface area contributed by atoms with E-state index in [1.54, 1.807) is 9.48 Å². The van der Waals surface area contributed by atoms with Gasteiger partial charge >= 0.3 is 13.3 Å². The first-order valence-electron chi connectivity index (χ1n) is 5.51. The topological polar surface area (TPSA) is 61.6 Å². The van der Waals surface area contributed by atoms with Gasteiger partial charge in [0.25, 0.3) is 5.91 Å². The van der Waals surface area contributed by atoms with Crippen LogP contribution in [0.15, 0.2) is 0 Å². The number of nitrogens with zero attached hydrogens (tertiary/aromatic N) is 2. The van der Waals surface area contributed by atoms with Gasteiger partial charge in [0, 0.05) is 0 Å². The van der Waals surface area contributed by atoms with Crippen molar-refractivity contribution < 1.29 is 36.2 Å². The van der Waals surface area contributed by atoms with Gasteiger partial charge in [-0.25, -0.2) is 9.48 Å². The average Bonchev–Trinajstić information content (AvgIpc) is 2.50. The lowest BCUT2D eigenvalue weighted by molar-refractivity contribution is -0.481. The third-order valence-electron chi connectivity index (χ3n) is 1.94. The number of halogens is 4. The maximum Gasteiger partial charge on any atom is 0.673 e. The molecule has 0 radical (unpaired) electrons. The van der Waals surface area contributed by atoms with Crippen molar-refractivity contribution in [1.29, 1.82) is 0 Å². The van der Waals surface area contributed by atoms with Crippen LogP contribution in [0.25, 0.3) is 0 Å². The van der Waals surface area contributed by atoms with Crippen molar-refractivity contribution in [3.63, 3.8) is 0 Å². The van der Waals surface area contributed by atoms with E-state index < -0.39 is 13.4 Å². The second-order valence-electron chi connectivity index (χ2n) is 4.29. The van der Waals surface area contributed by atoms with Gasteiger partial charge in [-0.1, -0.05) is 0 Å². The Balaban J connectivity index is 0.000000621. The Morgan fingerprint density at radius 2 is 1.75 bits per heavy atom. The summed E-state index contributed by atoms with van der Waals surface area (Å²) >= 11 is 0. The van der Waals surface area contributed by atoms with Crippen molar-refractivity contribution in [3.05, 3.63) is 0 Å². The van der Waals surface area contributed by atoms with Crippen molar-refractivity contribution in [2.24, 2.45) is 0 Å². The van der Waals surface area contributed by atoms with Crippen molar-refractivity contribution >= 4 is 25.1 Å². The molecule has 0 aliphatic carbocycles. The van der Waals surface area contributed by atoms with Crippen LogP contribution in [0.4, 0.5) is 17.3 Å². The number of carbonyl (C=O) groups is 2. The fourth-order valence-electron chi connectivity index (χ4n) is 1.36. The maximum absolute atomic E-state index is 11.3. The molecule has 1 aliphatic rings. The molecule has 116 valence electrons. The number of amides is 2. The van der Waals surface area contributed by atoms with E-state index in [2.05, 4.69) is 5.32 Å². The minimum atomic E-state index is -6.00. The summed E-state index contributed by atoms with van der Waals surface area (Å²) in [6.45, 7) is 0. The molecule has 1 atom stereocenters. The van der Waals surface area contributed by atoms with Gasteiger partial charge in [-0.2, -0.15) is 0 Å². The summed E-state index contributed by atoms with van der Waals surface area (Å²) in [4.78, 5) is 23.9. The van der Waals surface area contributed by atoms with Crippen LogP contribution in [-0.2, 0) is 14.3 Å². The van der Waals surface area contributed by atoms with E-state index in [0.29, 0.717) is 6.02 Å². The largest absolute Gasteiger partial charge is 0.673 e. The van der Waals surface area contributed by atoms with Gasteiger partial charge in [0.2, 0.25) is 5.91 Å². The molecular weight excluding hydrogens is 285 g/mol. The molecule has 0 aromatic carbocycles. The molecular formula is C9H16BF4N3O3. The van der Waals surface area contributed by atoms with Crippen LogP contribution in [0, 0.1) is 0 Å². The Morgan fingerprint density at radius 1 is 1.30 bits per heavy atom. The predicted octanol–water partition coefficient (Wildman–Crippen LogP) is -0.0922. The molecule has 6 nitrogen and oxygen atoms in total. The highest BCUT2D eigenvalue weighted by Gasteiger charge is 2.35. The van der Waals surface area contributed by atoms with E-state index in [1.807, 2.05) is 28.2 Å². The summed E-state index contributed by atoms with van der Waals surface area (Å²) in [5, 5.41) is 2.20. The van der Waals surface area contributed by atoms with Gasteiger partial charge < -0.3 is 22.0 Å². The van der Waals surface area contributed by atoms with E-state index in [-0.39, 0.29) is 18.2 Å². The van der Waals surface area contributed by atoms with Crippen LogP contribution in [0.1, 0.15) is 6.42 Å². The second-order valence-corrected chi connectivity index (χ2v) is 4.29. The number of hydrogen-bond acceptors (Lipinski definition) is 3. The number of rotatable bonds is 1. The number of amidine groups is 1. The van der Waals surface area contributed by atoms with Gasteiger partial charge in [-0.05, 0) is 0 Å². The van der Waals surface area contributed by atoms with E-state index in [4.69, 9.17) is 4.74 Å². The van der Waals surface area contributed by atoms with E-state index >= 15 is 0 Å². The van der Waals surface area contributed by atoms with Gasteiger partial charge in [0.1, 0.15) is 0 Å². The minimum Gasteiger partial charge on any atom is -0.418 e. The van der Waals surface area contributed by atoms with Crippen LogP contribution < -0.4 is 5.32 Å². The first-order chi connectivity index (χ1) is 8.91. The molecule has 2 amide bonds. The number of imide groups is 1. The van der Waals surface area contributed by atoms with Crippen molar-refractivity contribution in [2.75, 3.05) is 28.2 Å². The first kappa shape index (κ1) is 18.2. The van der Waals surface area contributed by atoms with Gasteiger partial charge in [0.15, 0.2) is 6.10 Å². The van der Waals surface area contributed by atoms with Crippen molar-refractivity contribution in [3.8, 4) is 0 Å².